The molecule has 0 amide bonds. The van der Waals surface area contributed by atoms with Gasteiger partial charge in [-0.05, 0) is 44.6 Å². The number of nitrogens with zero attached hydrogens (tertiary/aromatic N) is 4. The predicted molar refractivity (Wildman–Crippen MR) is 98.8 cm³/mol. The first-order valence-electron chi connectivity index (χ1n) is 9.08. The maximum Gasteiger partial charge on any atom is 0.194 e. The van der Waals surface area contributed by atoms with Crippen LogP contribution in [-0.2, 0) is 6.54 Å². The summed E-state index contributed by atoms with van der Waals surface area (Å²) in [5.74, 6) is 0.500. The van der Waals surface area contributed by atoms with Crippen molar-refractivity contribution in [3.05, 3.63) is 35.1 Å². The number of hydrogen-bond donors (Lipinski definition) is 1. The maximum atomic E-state index is 14.0. The molecule has 1 fully saturated rings. The summed E-state index contributed by atoms with van der Waals surface area (Å²) in [6.07, 6.45) is 1.12. The van der Waals surface area contributed by atoms with Gasteiger partial charge in [-0.1, -0.05) is 13.8 Å². The molecule has 0 saturated carbocycles. The Kier molecular flexibility index (Phi) is 7.20. The van der Waals surface area contributed by atoms with Crippen molar-refractivity contribution in [3.8, 4) is 6.07 Å². The number of benzene rings is 1. The van der Waals surface area contributed by atoms with Crippen molar-refractivity contribution in [1.29, 1.82) is 5.26 Å². The smallest absolute Gasteiger partial charge is 0.194 e. The number of likely N-dealkylation sites (tertiary alicyclic amines) is 1. The second kappa shape index (κ2) is 9.38. The third kappa shape index (κ3) is 4.93. The number of aliphatic imine (C=N–C) groups is 1. The summed E-state index contributed by atoms with van der Waals surface area (Å²) in [6, 6.07) is 6.99. The predicted octanol–water partition coefficient (Wildman–Crippen LogP) is 2.58. The van der Waals surface area contributed by atoms with Crippen LogP contribution in [0.15, 0.2) is 23.2 Å². The van der Waals surface area contributed by atoms with Crippen LogP contribution < -0.4 is 5.32 Å². The lowest BCUT2D eigenvalue weighted by molar-refractivity contribution is 0.223. The number of nitrogens with one attached hydrogen (secondary N) is 1. The van der Waals surface area contributed by atoms with Crippen LogP contribution in [0, 0.1) is 17.1 Å². The molecule has 1 atom stereocenters. The average molecular weight is 345 g/mol. The topological polar surface area (TPSA) is 54.7 Å². The first kappa shape index (κ1) is 19.2. The standard InChI is InChI=1S/C19H28FN5/c1-4-22-19(25-10-9-17(14-25)24(5-2)6-3)23-13-16-11-15(12-21)7-8-18(16)20/h7-8,11,17H,4-6,9-10,13-14H2,1-3H3,(H,22,23). The summed E-state index contributed by atoms with van der Waals surface area (Å²) >= 11 is 0. The molecule has 1 N–H and O–H groups in total. The Bertz CT molecular complexity index is 633. The highest BCUT2D eigenvalue weighted by Crippen LogP contribution is 2.16. The van der Waals surface area contributed by atoms with E-state index >= 15 is 0 Å². The molecule has 1 unspecified atom stereocenters. The molecule has 0 aromatic heterocycles. The maximum absolute atomic E-state index is 14.0. The van der Waals surface area contributed by atoms with E-state index in [1.165, 1.54) is 12.1 Å². The Morgan fingerprint density at radius 2 is 2.16 bits per heavy atom. The molecule has 5 nitrogen and oxygen atoms in total. The van der Waals surface area contributed by atoms with Crippen molar-refractivity contribution >= 4 is 5.96 Å². The molecular formula is C19H28FN5. The molecule has 0 radical (unpaired) electrons. The molecule has 1 aliphatic rings. The molecule has 1 aromatic carbocycles. The third-order valence-corrected chi connectivity index (χ3v) is 4.70. The van der Waals surface area contributed by atoms with Gasteiger partial charge in [-0.3, -0.25) is 4.90 Å². The lowest BCUT2D eigenvalue weighted by Crippen LogP contribution is -2.43. The van der Waals surface area contributed by atoms with Crippen molar-refractivity contribution < 1.29 is 4.39 Å². The Labute approximate surface area is 150 Å². The van der Waals surface area contributed by atoms with Crippen LogP contribution in [0.5, 0.6) is 0 Å². The lowest BCUT2D eigenvalue weighted by Gasteiger charge is -2.27. The van der Waals surface area contributed by atoms with Crippen molar-refractivity contribution in [2.75, 3.05) is 32.7 Å². The summed E-state index contributed by atoms with van der Waals surface area (Å²) < 4.78 is 14.0. The number of likely N-dealkylation sites (N-methyl/N-ethyl adjacent to an activating group) is 1. The van der Waals surface area contributed by atoms with E-state index in [0.29, 0.717) is 17.2 Å². The zero-order chi connectivity index (χ0) is 18.2. The van der Waals surface area contributed by atoms with Gasteiger partial charge in [-0.25, -0.2) is 9.38 Å². The van der Waals surface area contributed by atoms with Gasteiger partial charge in [-0.15, -0.1) is 0 Å². The van der Waals surface area contributed by atoms with Gasteiger partial charge in [0.05, 0.1) is 18.2 Å². The van der Waals surface area contributed by atoms with E-state index in [9.17, 15) is 4.39 Å². The molecule has 1 aliphatic heterocycles. The zero-order valence-corrected chi connectivity index (χ0v) is 15.4. The van der Waals surface area contributed by atoms with Crippen LogP contribution in [0.2, 0.25) is 0 Å². The summed E-state index contributed by atoms with van der Waals surface area (Å²) in [5, 5.41) is 12.3. The van der Waals surface area contributed by atoms with Gasteiger partial charge >= 0.3 is 0 Å². The molecule has 136 valence electrons. The van der Waals surface area contributed by atoms with E-state index in [-0.39, 0.29) is 12.4 Å². The largest absolute Gasteiger partial charge is 0.357 e. The highest BCUT2D eigenvalue weighted by molar-refractivity contribution is 5.80. The Morgan fingerprint density at radius 1 is 1.40 bits per heavy atom. The van der Waals surface area contributed by atoms with Crippen LogP contribution in [0.4, 0.5) is 4.39 Å². The van der Waals surface area contributed by atoms with Crippen molar-refractivity contribution in [1.82, 2.24) is 15.1 Å². The van der Waals surface area contributed by atoms with Crippen LogP contribution >= 0.6 is 0 Å². The fourth-order valence-electron chi connectivity index (χ4n) is 3.32. The Morgan fingerprint density at radius 3 is 2.80 bits per heavy atom. The van der Waals surface area contributed by atoms with Gasteiger partial charge in [0.1, 0.15) is 5.82 Å². The van der Waals surface area contributed by atoms with Gasteiger partial charge in [0.2, 0.25) is 0 Å². The molecule has 0 aliphatic carbocycles. The fourth-order valence-corrected chi connectivity index (χ4v) is 3.32. The molecular weight excluding hydrogens is 317 g/mol. The normalized spacial score (nSPS) is 17.8. The first-order chi connectivity index (χ1) is 12.1. The SMILES string of the molecule is CCNC(=NCc1cc(C#N)ccc1F)N1CCC(N(CC)CC)C1. The Hall–Kier alpha value is -2.13. The highest BCUT2D eigenvalue weighted by atomic mass is 19.1. The van der Waals surface area contributed by atoms with Crippen LogP contribution in [0.1, 0.15) is 38.3 Å². The molecule has 25 heavy (non-hydrogen) atoms. The van der Waals surface area contributed by atoms with Crippen LogP contribution in [0.3, 0.4) is 0 Å². The molecule has 6 heteroatoms. The summed E-state index contributed by atoms with van der Waals surface area (Å²) in [7, 11) is 0. The van der Waals surface area contributed by atoms with Crippen molar-refractivity contribution in [3.63, 3.8) is 0 Å². The molecule has 0 spiro atoms. The zero-order valence-electron chi connectivity index (χ0n) is 15.4. The summed E-state index contributed by atoms with van der Waals surface area (Å²) in [5.41, 5.74) is 0.910. The van der Waals surface area contributed by atoms with E-state index in [1.807, 2.05) is 13.0 Å². The Balaban J connectivity index is 2.10. The summed E-state index contributed by atoms with van der Waals surface area (Å²) in [4.78, 5) is 9.33. The average Bonchev–Trinajstić information content (AvgIpc) is 3.10. The molecule has 2 rings (SSSR count). The quantitative estimate of drug-likeness (QED) is 0.636. The molecule has 1 heterocycles. The minimum Gasteiger partial charge on any atom is -0.357 e. The number of hydrogen-bond acceptors (Lipinski definition) is 3. The molecule has 0 bridgehead atoms. The van der Waals surface area contributed by atoms with Gasteiger partial charge in [-0.2, -0.15) is 5.26 Å². The molecule has 1 aromatic rings. The summed E-state index contributed by atoms with van der Waals surface area (Å²) in [6.45, 7) is 11.4. The monoisotopic (exact) mass is 345 g/mol. The van der Waals surface area contributed by atoms with E-state index in [0.717, 1.165) is 45.1 Å². The third-order valence-electron chi connectivity index (χ3n) is 4.70. The van der Waals surface area contributed by atoms with Gasteiger partial charge in [0.15, 0.2) is 5.96 Å². The number of nitriles is 1. The van der Waals surface area contributed by atoms with E-state index in [2.05, 4.69) is 34.0 Å². The highest BCUT2D eigenvalue weighted by Gasteiger charge is 2.27. The fraction of sp³-hybridized carbons (Fsp3) is 0.579. The number of halogens is 1. The van der Waals surface area contributed by atoms with E-state index in [4.69, 9.17) is 5.26 Å². The second-order valence-electron chi connectivity index (χ2n) is 6.20. The number of guanidine groups is 1. The lowest BCUT2D eigenvalue weighted by atomic mass is 10.1. The van der Waals surface area contributed by atoms with Crippen molar-refractivity contribution in [2.45, 2.75) is 39.8 Å². The minimum absolute atomic E-state index is 0.232. The minimum atomic E-state index is -0.318. The van der Waals surface area contributed by atoms with E-state index in [1.54, 1.807) is 6.07 Å². The van der Waals surface area contributed by atoms with Gasteiger partial charge in [0, 0.05) is 31.2 Å². The van der Waals surface area contributed by atoms with Gasteiger partial charge < -0.3 is 10.2 Å². The first-order valence-corrected chi connectivity index (χ1v) is 9.08. The van der Waals surface area contributed by atoms with Crippen molar-refractivity contribution in [2.24, 2.45) is 4.99 Å². The van der Waals surface area contributed by atoms with Crippen LogP contribution in [0.25, 0.3) is 0 Å². The van der Waals surface area contributed by atoms with E-state index < -0.39 is 0 Å². The van der Waals surface area contributed by atoms with Gasteiger partial charge in [0.25, 0.3) is 0 Å². The van der Waals surface area contributed by atoms with Crippen LogP contribution in [-0.4, -0.2) is 54.5 Å². The number of rotatable bonds is 6. The second-order valence-corrected chi connectivity index (χ2v) is 6.20. The molecule has 1 saturated heterocycles.